The summed E-state index contributed by atoms with van der Waals surface area (Å²) >= 11 is 0. The molecule has 104 valence electrons. The number of carbonyl (C=O) groups excluding carboxylic acids is 1. The molecule has 4 nitrogen and oxygen atoms in total. The third kappa shape index (κ3) is 2.75. The molecule has 1 aromatic carbocycles. The van der Waals surface area contributed by atoms with Crippen LogP contribution >= 0.6 is 0 Å². The minimum Gasteiger partial charge on any atom is -0.339 e. The lowest BCUT2D eigenvalue weighted by Crippen LogP contribution is -2.46. The van der Waals surface area contributed by atoms with Crippen molar-refractivity contribution in [3.8, 4) is 0 Å². The van der Waals surface area contributed by atoms with Crippen molar-refractivity contribution in [2.75, 3.05) is 26.2 Å². The lowest BCUT2D eigenvalue weighted by Gasteiger charge is -2.27. The minimum atomic E-state index is 0.132. The zero-order valence-corrected chi connectivity index (χ0v) is 11.5. The summed E-state index contributed by atoms with van der Waals surface area (Å²) in [7, 11) is 0. The first-order valence-electron chi connectivity index (χ1n) is 7.03. The number of rotatable bonds is 3. The monoisotopic (exact) mass is 269 g/mol. The molecule has 1 aromatic heterocycles. The average molecular weight is 269 g/mol. The molecule has 1 aliphatic heterocycles. The van der Waals surface area contributed by atoms with E-state index in [9.17, 15) is 4.79 Å². The first kappa shape index (κ1) is 12.9. The maximum atomic E-state index is 12.5. The standard InChI is InChI=1S/C16H19N3O/c20-16(18-11-8-17-9-12-18)15-7-4-10-19(15)13-14-5-2-1-3-6-14/h1-7,10,17H,8-9,11-13H2. The van der Waals surface area contributed by atoms with Crippen molar-refractivity contribution >= 4 is 5.91 Å². The molecule has 4 heteroatoms. The molecule has 0 unspecified atom stereocenters. The largest absolute Gasteiger partial charge is 0.339 e. The number of piperazine rings is 1. The van der Waals surface area contributed by atoms with E-state index in [0.29, 0.717) is 0 Å². The van der Waals surface area contributed by atoms with Crippen molar-refractivity contribution in [2.45, 2.75) is 6.54 Å². The average Bonchev–Trinajstić information content (AvgIpc) is 2.96. The molecule has 0 radical (unpaired) electrons. The van der Waals surface area contributed by atoms with Crippen LogP contribution < -0.4 is 5.32 Å². The van der Waals surface area contributed by atoms with E-state index in [-0.39, 0.29) is 5.91 Å². The SMILES string of the molecule is O=C(c1cccn1Cc1ccccc1)N1CCNCC1. The highest BCUT2D eigenvalue weighted by atomic mass is 16.2. The van der Waals surface area contributed by atoms with Gasteiger partial charge in [0.15, 0.2) is 0 Å². The van der Waals surface area contributed by atoms with E-state index in [0.717, 1.165) is 38.4 Å². The quantitative estimate of drug-likeness (QED) is 0.918. The number of benzene rings is 1. The first-order valence-corrected chi connectivity index (χ1v) is 7.03. The van der Waals surface area contributed by atoms with Crippen LogP contribution in [0.3, 0.4) is 0 Å². The van der Waals surface area contributed by atoms with Gasteiger partial charge in [-0.05, 0) is 17.7 Å². The molecule has 1 amide bonds. The van der Waals surface area contributed by atoms with Crippen LogP contribution in [0.5, 0.6) is 0 Å². The Bertz CT molecular complexity index is 570. The van der Waals surface area contributed by atoms with Crippen LogP contribution in [0.1, 0.15) is 16.1 Å². The zero-order valence-electron chi connectivity index (χ0n) is 11.5. The Kier molecular flexibility index (Phi) is 3.83. The summed E-state index contributed by atoms with van der Waals surface area (Å²) in [6.07, 6.45) is 1.97. The molecule has 0 bridgehead atoms. The van der Waals surface area contributed by atoms with Crippen LogP contribution in [0.25, 0.3) is 0 Å². The Morgan fingerprint density at radius 3 is 2.55 bits per heavy atom. The molecular formula is C16H19N3O. The van der Waals surface area contributed by atoms with Crippen molar-refractivity contribution in [2.24, 2.45) is 0 Å². The van der Waals surface area contributed by atoms with Crippen molar-refractivity contribution in [3.63, 3.8) is 0 Å². The summed E-state index contributed by atoms with van der Waals surface area (Å²) < 4.78 is 2.03. The predicted octanol–water partition coefficient (Wildman–Crippen LogP) is 1.58. The minimum absolute atomic E-state index is 0.132. The number of nitrogens with zero attached hydrogens (tertiary/aromatic N) is 2. The van der Waals surface area contributed by atoms with Gasteiger partial charge in [-0.15, -0.1) is 0 Å². The normalized spacial score (nSPS) is 15.3. The second-order valence-corrected chi connectivity index (χ2v) is 5.05. The van der Waals surface area contributed by atoms with Gasteiger partial charge >= 0.3 is 0 Å². The topological polar surface area (TPSA) is 37.3 Å². The number of carbonyl (C=O) groups is 1. The van der Waals surface area contributed by atoms with Crippen molar-refractivity contribution in [1.29, 1.82) is 0 Å². The molecule has 0 saturated carbocycles. The van der Waals surface area contributed by atoms with Gasteiger partial charge < -0.3 is 14.8 Å². The fraction of sp³-hybridized carbons (Fsp3) is 0.312. The molecule has 1 saturated heterocycles. The Balaban J connectivity index is 1.77. The number of nitrogens with one attached hydrogen (secondary N) is 1. The molecule has 2 aromatic rings. The lowest BCUT2D eigenvalue weighted by molar-refractivity contribution is 0.0725. The summed E-state index contributed by atoms with van der Waals surface area (Å²) in [6.45, 7) is 4.07. The van der Waals surface area contributed by atoms with Crippen molar-refractivity contribution in [3.05, 3.63) is 59.9 Å². The third-order valence-corrected chi connectivity index (χ3v) is 3.65. The van der Waals surface area contributed by atoms with Gasteiger partial charge in [-0.2, -0.15) is 0 Å². The van der Waals surface area contributed by atoms with Gasteiger partial charge in [0.25, 0.3) is 5.91 Å². The van der Waals surface area contributed by atoms with E-state index in [1.165, 1.54) is 5.56 Å². The van der Waals surface area contributed by atoms with E-state index in [1.54, 1.807) is 0 Å². The molecule has 0 aliphatic carbocycles. The van der Waals surface area contributed by atoms with Crippen LogP contribution in [0.2, 0.25) is 0 Å². The second kappa shape index (κ2) is 5.92. The maximum Gasteiger partial charge on any atom is 0.270 e. The Hall–Kier alpha value is -2.07. The van der Waals surface area contributed by atoms with Gasteiger partial charge in [-0.25, -0.2) is 0 Å². The van der Waals surface area contributed by atoms with E-state index in [1.807, 2.05) is 46.0 Å². The van der Waals surface area contributed by atoms with Crippen LogP contribution in [0, 0.1) is 0 Å². The van der Waals surface area contributed by atoms with Crippen LogP contribution in [-0.2, 0) is 6.54 Å². The van der Waals surface area contributed by atoms with Gasteiger partial charge in [-0.1, -0.05) is 30.3 Å². The first-order chi connectivity index (χ1) is 9.84. The Morgan fingerprint density at radius 1 is 1.05 bits per heavy atom. The van der Waals surface area contributed by atoms with Gasteiger partial charge in [-0.3, -0.25) is 4.79 Å². The molecule has 0 spiro atoms. The number of aromatic nitrogens is 1. The molecule has 1 aliphatic rings. The van der Waals surface area contributed by atoms with Crippen molar-refractivity contribution in [1.82, 2.24) is 14.8 Å². The maximum absolute atomic E-state index is 12.5. The molecule has 2 heterocycles. The van der Waals surface area contributed by atoms with E-state index in [2.05, 4.69) is 17.4 Å². The van der Waals surface area contributed by atoms with E-state index in [4.69, 9.17) is 0 Å². The fourth-order valence-corrected chi connectivity index (χ4v) is 2.56. The van der Waals surface area contributed by atoms with Crippen molar-refractivity contribution < 1.29 is 4.79 Å². The van der Waals surface area contributed by atoms with Crippen LogP contribution in [0.15, 0.2) is 48.7 Å². The number of amides is 1. The summed E-state index contributed by atoms with van der Waals surface area (Å²) in [6, 6.07) is 14.1. The van der Waals surface area contributed by atoms with Gasteiger partial charge in [0.05, 0.1) is 0 Å². The smallest absolute Gasteiger partial charge is 0.270 e. The Labute approximate surface area is 119 Å². The van der Waals surface area contributed by atoms with Crippen LogP contribution in [-0.4, -0.2) is 41.6 Å². The van der Waals surface area contributed by atoms with E-state index < -0.39 is 0 Å². The highest BCUT2D eigenvalue weighted by Crippen LogP contribution is 2.11. The fourth-order valence-electron chi connectivity index (χ4n) is 2.56. The van der Waals surface area contributed by atoms with Gasteiger partial charge in [0.2, 0.25) is 0 Å². The molecule has 1 fully saturated rings. The zero-order chi connectivity index (χ0) is 13.8. The van der Waals surface area contributed by atoms with Crippen LogP contribution in [0.4, 0.5) is 0 Å². The molecule has 1 N–H and O–H groups in total. The highest BCUT2D eigenvalue weighted by Gasteiger charge is 2.20. The third-order valence-electron chi connectivity index (χ3n) is 3.65. The highest BCUT2D eigenvalue weighted by molar-refractivity contribution is 5.92. The molecule has 3 rings (SSSR count). The van der Waals surface area contributed by atoms with Gasteiger partial charge in [0, 0.05) is 38.9 Å². The predicted molar refractivity (Wildman–Crippen MR) is 78.7 cm³/mol. The second-order valence-electron chi connectivity index (χ2n) is 5.05. The molecular weight excluding hydrogens is 250 g/mol. The number of hydrogen-bond acceptors (Lipinski definition) is 2. The summed E-state index contributed by atoms with van der Waals surface area (Å²) in [5, 5.41) is 3.27. The Morgan fingerprint density at radius 2 is 1.80 bits per heavy atom. The van der Waals surface area contributed by atoms with Gasteiger partial charge in [0.1, 0.15) is 5.69 Å². The number of hydrogen-bond donors (Lipinski definition) is 1. The molecule has 20 heavy (non-hydrogen) atoms. The summed E-state index contributed by atoms with van der Waals surface area (Å²) in [5.41, 5.74) is 1.98. The summed E-state index contributed by atoms with van der Waals surface area (Å²) in [5.74, 6) is 0.132. The summed E-state index contributed by atoms with van der Waals surface area (Å²) in [4.78, 5) is 14.5. The molecule has 0 atom stereocenters. The van der Waals surface area contributed by atoms with E-state index >= 15 is 0 Å². The lowest BCUT2D eigenvalue weighted by atomic mass is 10.2.